The molecule has 1 aliphatic rings. The molecule has 21 heavy (non-hydrogen) atoms. The topological polar surface area (TPSA) is 86.6 Å². The van der Waals surface area contributed by atoms with E-state index >= 15 is 0 Å². The zero-order chi connectivity index (χ0) is 15.4. The van der Waals surface area contributed by atoms with E-state index in [1.807, 2.05) is 6.92 Å². The van der Waals surface area contributed by atoms with E-state index in [-0.39, 0.29) is 17.4 Å². The number of aliphatic carboxylic acids is 1. The van der Waals surface area contributed by atoms with Crippen molar-refractivity contribution in [3.05, 3.63) is 29.3 Å². The lowest BCUT2D eigenvalue weighted by atomic mass is 9.94. The summed E-state index contributed by atoms with van der Waals surface area (Å²) in [5.74, 6) is -1.90. The number of carboxylic acid groups (broad SMARTS) is 1. The Balaban J connectivity index is 2.14. The highest BCUT2D eigenvalue weighted by Crippen LogP contribution is 2.25. The molecule has 0 aliphatic heterocycles. The van der Waals surface area contributed by atoms with E-state index in [0.717, 1.165) is 24.8 Å². The first kappa shape index (κ1) is 15.4. The van der Waals surface area contributed by atoms with Gasteiger partial charge in [0.2, 0.25) is 0 Å². The van der Waals surface area contributed by atoms with Crippen molar-refractivity contribution < 1.29 is 19.8 Å². The number of phenols is 1. The highest BCUT2D eigenvalue weighted by atomic mass is 16.4. The molecule has 114 valence electrons. The number of nitrogens with one attached hydrogen (secondary N) is 1. The largest absolute Gasteiger partial charge is 0.507 e. The molecular weight excluding hydrogens is 270 g/mol. The minimum Gasteiger partial charge on any atom is -0.507 e. The van der Waals surface area contributed by atoms with Gasteiger partial charge in [0.1, 0.15) is 5.75 Å². The second-order valence-electron chi connectivity index (χ2n) is 5.68. The molecule has 2 atom stereocenters. The first-order chi connectivity index (χ1) is 9.99. The van der Waals surface area contributed by atoms with E-state index in [2.05, 4.69) is 5.32 Å². The summed E-state index contributed by atoms with van der Waals surface area (Å²) >= 11 is 0. The first-order valence-electron chi connectivity index (χ1n) is 7.32. The maximum Gasteiger partial charge on any atom is 0.308 e. The lowest BCUT2D eigenvalue weighted by Crippen LogP contribution is -2.42. The Hall–Kier alpha value is -2.04. The summed E-state index contributed by atoms with van der Waals surface area (Å²) in [6.07, 6.45) is 4.02. The van der Waals surface area contributed by atoms with Crippen LogP contribution < -0.4 is 5.32 Å². The summed E-state index contributed by atoms with van der Waals surface area (Å²) in [5.41, 5.74) is 1.05. The van der Waals surface area contributed by atoms with Crippen LogP contribution in [0.1, 0.15) is 48.0 Å². The number of aromatic hydroxyl groups is 1. The summed E-state index contributed by atoms with van der Waals surface area (Å²) < 4.78 is 0. The van der Waals surface area contributed by atoms with Gasteiger partial charge in [0, 0.05) is 6.04 Å². The van der Waals surface area contributed by atoms with Crippen molar-refractivity contribution in [2.75, 3.05) is 0 Å². The van der Waals surface area contributed by atoms with Crippen molar-refractivity contribution in [2.45, 2.75) is 45.1 Å². The molecule has 1 fully saturated rings. The van der Waals surface area contributed by atoms with Crippen molar-refractivity contribution in [1.82, 2.24) is 5.32 Å². The van der Waals surface area contributed by atoms with E-state index in [1.54, 1.807) is 12.1 Å². The highest BCUT2D eigenvalue weighted by Gasteiger charge is 2.31. The third-order valence-electron chi connectivity index (χ3n) is 4.05. The van der Waals surface area contributed by atoms with Crippen molar-refractivity contribution in [1.29, 1.82) is 0 Å². The van der Waals surface area contributed by atoms with Gasteiger partial charge in [0.15, 0.2) is 0 Å². The molecule has 5 heteroatoms. The zero-order valence-corrected chi connectivity index (χ0v) is 12.1. The van der Waals surface area contributed by atoms with Gasteiger partial charge in [-0.1, -0.05) is 25.3 Å². The normalized spacial score (nSPS) is 22.3. The van der Waals surface area contributed by atoms with Gasteiger partial charge < -0.3 is 15.5 Å². The summed E-state index contributed by atoms with van der Waals surface area (Å²) in [6, 6.07) is 4.46. The molecule has 1 amide bonds. The Kier molecular flexibility index (Phi) is 4.83. The molecule has 0 saturated heterocycles. The van der Waals surface area contributed by atoms with E-state index in [1.165, 1.54) is 6.07 Å². The molecule has 0 aromatic heterocycles. The number of hydrogen-bond acceptors (Lipinski definition) is 3. The van der Waals surface area contributed by atoms with Gasteiger partial charge in [0.25, 0.3) is 5.91 Å². The van der Waals surface area contributed by atoms with Gasteiger partial charge in [-0.05, 0) is 37.5 Å². The van der Waals surface area contributed by atoms with Crippen LogP contribution in [-0.2, 0) is 4.79 Å². The Bertz CT molecular complexity index is 541. The SMILES string of the molecule is Cc1ccc(C(=O)NC2CCCCCC2C(=O)O)c(O)c1. The van der Waals surface area contributed by atoms with Crippen molar-refractivity contribution >= 4 is 11.9 Å². The van der Waals surface area contributed by atoms with Crippen LogP contribution in [0.3, 0.4) is 0 Å². The monoisotopic (exact) mass is 291 g/mol. The molecule has 0 spiro atoms. The number of rotatable bonds is 3. The van der Waals surface area contributed by atoms with Gasteiger partial charge in [-0.25, -0.2) is 0 Å². The number of hydrogen-bond donors (Lipinski definition) is 3. The minimum atomic E-state index is -0.865. The van der Waals surface area contributed by atoms with Crippen molar-refractivity contribution in [3.8, 4) is 5.75 Å². The van der Waals surface area contributed by atoms with Crippen molar-refractivity contribution in [2.24, 2.45) is 5.92 Å². The summed E-state index contributed by atoms with van der Waals surface area (Å²) in [4.78, 5) is 23.6. The molecule has 5 nitrogen and oxygen atoms in total. The first-order valence-corrected chi connectivity index (χ1v) is 7.32. The van der Waals surface area contributed by atoms with E-state index < -0.39 is 17.8 Å². The molecule has 1 aromatic carbocycles. The molecule has 2 unspecified atom stereocenters. The lowest BCUT2D eigenvalue weighted by molar-refractivity contribution is -0.142. The molecule has 1 saturated carbocycles. The fraction of sp³-hybridized carbons (Fsp3) is 0.500. The second-order valence-corrected chi connectivity index (χ2v) is 5.68. The van der Waals surface area contributed by atoms with Crippen LogP contribution in [0, 0.1) is 12.8 Å². The Morgan fingerprint density at radius 3 is 2.57 bits per heavy atom. The fourth-order valence-electron chi connectivity index (χ4n) is 2.86. The lowest BCUT2D eigenvalue weighted by Gasteiger charge is -2.23. The predicted octanol–water partition coefficient (Wildman–Crippen LogP) is 2.46. The van der Waals surface area contributed by atoms with Gasteiger partial charge in [0.05, 0.1) is 11.5 Å². The molecule has 1 aromatic rings. The van der Waals surface area contributed by atoms with Crippen LogP contribution in [0.15, 0.2) is 18.2 Å². The number of amides is 1. The van der Waals surface area contributed by atoms with Gasteiger partial charge >= 0.3 is 5.97 Å². The van der Waals surface area contributed by atoms with Crippen LogP contribution in [0.4, 0.5) is 0 Å². The van der Waals surface area contributed by atoms with Gasteiger partial charge in [-0.3, -0.25) is 9.59 Å². The molecule has 0 bridgehead atoms. The highest BCUT2D eigenvalue weighted by molar-refractivity contribution is 5.97. The van der Waals surface area contributed by atoms with E-state index in [0.29, 0.717) is 12.8 Å². The van der Waals surface area contributed by atoms with Crippen LogP contribution in [0.25, 0.3) is 0 Å². The van der Waals surface area contributed by atoms with Crippen LogP contribution in [0.2, 0.25) is 0 Å². The quantitative estimate of drug-likeness (QED) is 0.747. The number of carboxylic acids is 1. The molecule has 2 rings (SSSR count). The molecule has 0 radical (unpaired) electrons. The maximum atomic E-state index is 12.3. The average molecular weight is 291 g/mol. The Morgan fingerprint density at radius 2 is 1.90 bits per heavy atom. The fourth-order valence-corrected chi connectivity index (χ4v) is 2.86. The Morgan fingerprint density at radius 1 is 1.19 bits per heavy atom. The molecule has 1 aliphatic carbocycles. The maximum absolute atomic E-state index is 12.3. The number of benzene rings is 1. The molecule has 3 N–H and O–H groups in total. The molecule has 0 heterocycles. The zero-order valence-electron chi connectivity index (χ0n) is 12.1. The number of carbonyl (C=O) groups is 2. The summed E-state index contributed by atoms with van der Waals surface area (Å²) in [7, 11) is 0. The molecular formula is C16H21NO4. The number of carbonyl (C=O) groups excluding carboxylic acids is 1. The van der Waals surface area contributed by atoms with Crippen LogP contribution in [-0.4, -0.2) is 28.1 Å². The van der Waals surface area contributed by atoms with Crippen LogP contribution >= 0.6 is 0 Å². The predicted molar refractivity (Wildman–Crippen MR) is 78.3 cm³/mol. The third kappa shape index (κ3) is 3.74. The Labute approximate surface area is 124 Å². The van der Waals surface area contributed by atoms with Gasteiger partial charge in [-0.15, -0.1) is 0 Å². The van der Waals surface area contributed by atoms with Crippen molar-refractivity contribution in [3.63, 3.8) is 0 Å². The number of aryl methyl sites for hydroxylation is 1. The number of phenolic OH excluding ortho intramolecular Hbond substituents is 1. The standard InChI is InChI=1S/C16H21NO4/c1-10-7-8-12(14(18)9-10)15(19)17-13-6-4-2-3-5-11(13)16(20)21/h7-9,11,13,18H,2-6H2,1H3,(H,17,19)(H,20,21). The summed E-state index contributed by atoms with van der Waals surface area (Å²) in [5, 5.41) is 21.9. The smallest absolute Gasteiger partial charge is 0.308 e. The third-order valence-corrected chi connectivity index (χ3v) is 4.05. The van der Waals surface area contributed by atoms with E-state index in [4.69, 9.17) is 0 Å². The average Bonchev–Trinajstić information content (AvgIpc) is 2.63. The minimum absolute atomic E-state index is 0.0759. The van der Waals surface area contributed by atoms with Gasteiger partial charge in [-0.2, -0.15) is 0 Å². The van der Waals surface area contributed by atoms with E-state index in [9.17, 15) is 19.8 Å². The summed E-state index contributed by atoms with van der Waals surface area (Å²) in [6.45, 7) is 1.83. The van der Waals surface area contributed by atoms with Crippen LogP contribution in [0.5, 0.6) is 5.75 Å². The second kappa shape index (κ2) is 6.61.